The molecule has 0 heterocycles. The highest BCUT2D eigenvalue weighted by Gasteiger charge is 2.31. The summed E-state index contributed by atoms with van der Waals surface area (Å²) in [7, 11) is 0. The molecule has 0 aliphatic heterocycles. The number of benzene rings is 1. The van der Waals surface area contributed by atoms with Crippen LogP contribution in [0.4, 0.5) is 5.69 Å². The third-order valence-corrected chi connectivity index (χ3v) is 3.88. The fourth-order valence-electron chi connectivity index (χ4n) is 2.65. The molecule has 0 amide bonds. The largest absolute Gasteiger partial charge is 0.367 e. The molecule has 96 valence electrons. The Kier molecular flexibility index (Phi) is 3.91. The molecule has 2 rings (SSSR count). The summed E-state index contributed by atoms with van der Waals surface area (Å²) in [5.41, 5.74) is 2.08. The van der Waals surface area contributed by atoms with Gasteiger partial charge in [0.15, 0.2) is 0 Å². The highest BCUT2D eigenvalue weighted by Crippen LogP contribution is 2.31. The van der Waals surface area contributed by atoms with Crippen LogP contribution in [0.3, 0.4) is 0 Å². The van der Waals surface area contributed by atoms with Crippen molar-refractivity contribution in [3.8, 4) is 6.07 Å². The molecule has 0 saturated heterocycles. The van der Waals surface area contributed by atoms with Gasteiger partial charge in [-0.1, -0.05) is 45.2 Å². The van der Waals surface area contributed by atoms with Crippen LogP contribution in [0.5, 0.6) is 0 Å². The zero-order valence-corrected chi connectivity index (χ0v) is 11.4. The van der Waals surface area contributed by atoms with Gasteiger partial charge in [-0.25, -0.2) is 0 Å². The molecular weight excluding hydrogens is 220 g/mol. The van der Waals surface area contributed by atoms with Crippen molar-refractivity contribution in [2.75, 3.05) is 5.32 Å². The fourth-order valence-corrected chi connectivity index (χ4v) is 2.65. The predicted molar refractivity (Wildman–Crippen MR) is 75.6 cm³/mol. The first-order valence-electron chi connectivity index (χ1n) is 6.95. The second-order valence-electron chi connectivity index (χ2n) is 5.66. The number of nitriles is 1. The molecule has 0 aromatic heterocycles. The Bertz CT molecular complexity index is 419. The molecule has 2 heteroatoms. The van der Waals surface area contributed by atoms with Gasteiger partial charge in [0.05, 0.1) is 6.07 Å². The lowest BCUT2D eigenvalue weighted by atomic mass is 9.82. The third-order valence-electron chi connectivity index (χ3n) is 3.88. The van der Waals surface area contributed by atoms with E-state index in [9.17, 15) is 5.26 Å². The van der Waals surface area contributed by atoms with Crippen LogP contribution in [0.15, 0.2) is 24.3 Å². The molecule has 1 saturated carbocycles. The summed E-state index contributed by atoms with van der Waals surface area (Å²) in [5, 5.41) is 12.9. The maximum absolute atomic E-state index is 9.43. The molecule has 1 aromatic carbocycles. The van der Waals surface area contributed by atoms with Crippen molar-refractivity contribution in [3.05, 3.63) is 29.8 Å². The first kappa shape index (κ1) is 13.0. The minimum atomic E-state index is -0.336. The summed E-state index contributed by atoms with van der Waals surface area (Å²) >= 11 is 0. The molecule has 0 spiro atoms. The molecule has 1 aromatic rings. The molecule has 0 radical (unpaired) electrons. The maximum Gasteiger partial charge on any atom is 0.125 e. The Morgan fingerprint density at radius 3 is 2.22 bits per heavy atom. The minimum absolute atomic E-state index is 0.336. The van der Waals surface area contributed by atoms with Crippen molar-refractivity contribution in [1.29, 1.82) is 5.26 Å². The average molecular weight is 242 g/mol. The van der Waals surface area contributed by atoms with E-state index in [1.165, 1.54) is 12.0 Å². The number of nitrogens with zero attached hydrogens (tertiary/aromatic N) is 1. The van der Waals surface area contributed by atoms with Crippen LogP contribution in [0.1, 0.15) is 57.4 Å². The Labute approximate surface area is 110 Å². The number of nitrogens with one attached hydrogen (secondary N) is 1. The van der Waals surface area contributed by atoms with Gasteiger partial charge in [-0.3, -0.25) is 0 Å². The van der Waals surface area contributed by atoms with Crippen molar-refractivity contribution in [1.82, 2.24) is 0 Å². The lowest BCUT2D eigenvalue weighted by Crippen LogP contribution is -2.38. The molecule has 1 aliphatic rings. The summed E-state index contributed by atoms with van der Waals surface area (Å²) < 4.78 is 0. The van der Waals surface area contributed by atoms with Crippen LogP contribution in [-0.4, -0.2) is 5.54 Å². The van der Waals surface area contributed by atoms with E-state index in [1.54, 1.807) is 0 Å². The molecule has 0 bridgehead atoms. The van der Waals surface area contributed by atoms with Crippen molar-refractivity contribution in [2.24, 2.45) is 0 Å². The van der Waals surface area contributed by atoms with Gasteiger partial charge in [-0.15, -0.1) is 0 Å². The molecular formula is C16H22N2. The van der Waals surface area contributed by atoms with Gasteiger partial charge in [0.25, 0.3) is 0 Å². The number of anilines is 1. The zero-order valence-electron chi connectivity index (χ0n) is 11.4. The summed E-state index contributed by atoms with van der Waals surface area (Å²) in [6.45, 7) is 4.39. The summed E-state index contributed by atoms with van der Waals surface area (Å²) in [4.78, 5) is 0. The van der Waals surface area contributed by atoms with Crippen molar-refractivity contribution in [2.45, 2.75) is 57.4 Å². The second kappa shape index (κ2) is 5.44. The predicted octanol–water partition coefficient (Wildman–Crippen LogP) is 4.45. The summed E-state index contributed by atoms with van der Waals surface area (Å²) in [6, 6.07) is 11.0. The smallest absolute Gasteiger partial charge is 0.125 e. The van der Waals surface area contributed by atoms with Gasteiger partial charge < -0.3 is 5.32 Å². The Hall–Kier alpha value is -1.49. The molecule has 1 N–H and O–H groups in total. The monoisotopic (exact) mass is 242 g/mol. The highest BCUT2D eigenvalue weighted by molar-refractivity contribution is 5.49. The van der Waals surface area contributed by atoms with Gasteiger partial charge in [-0.2, -0.15) is 5.26 Å². The van der Waals surface area contributed by atoms with Gasteiger partial charge in [0, 0.05) is 5.69 Å². The molecule has 2 nitrogen and oxygen atoms in total. The quantitative estimate of drug-likeness (QED) is 0.850. The van der Waals surface area contributed by atoms with E-state index in [0.29, 0.717) is 5.92 Å². The Morgan fingerprint density at radius 2 is 1.72 bits per heavy atom. The van der Waals surface area contributed by atoms with Crippen LogP contribution in [0, 0.1) is 11.3 Å². The van der Waals surface area contributed by atoms with E-state index in [1.807, 2.05) is 0 Å². The molecule has 1 fully saturated rings. The van der Waals surface area contributed by atoms with Crippen LogP contribution < -0.4 is 5.32 Å². The van der Waals surface area contributed by atoms with Crippen molar-refractivity contribution >= 4 is 5.69 Å². The van der Waals surface area contributed by atoms with Gasteiger partial charge in [-0.05, 0) is 36.5 Å². The van der Waals surface area contributed by atoms with Crippen LogP contribution in [0.2, 0.25) is 0 Å². The topological polar surface area (TPSA) is 35.8 Å². The van der Waals surface area contributed by atoms with Crippen molar-refractivity contribution < 1.29 is 0 Å². The third kappa shape index (κ3) is 2.85. The SMILES string of the molecule is CC(C)c1ccc(NC2(C#N)CCCCC2)cc1. The fraction of sp³-hybridized carbons (Fsp3) is 0.562. The zero-order chi connectivity index (χ0) is 13.0. The van der Waals surface area contributed by atoms with E-state index in [-0.39, 0.29) is 5.54 Å². The standard InChI is InChI=1S/C16H22N2/c1-13(2)14-6-8-15(9-7-14)18-16(12-17)10-4-3-5-11-16/h6-9,13,18H,3-5,10-11H2,1-2H3. The van der Waals surface area contributed by atoms with Crippen LogP contribution in [-0.2, 0) is 0 Å². The van der Waals surface area contributed by atoms with E-state index in [0.717, 1.165) is 31.4 Å². The van der Waals surface area contributed by atoms with Crippen molar-refractivity contribution in [3.63, 3.8) is 0 Å². The van der Waals surface area contributed by atoms with E-state index in [2.05, 4.69) is 49.5 Å². The van der Waals surface area contributed by atoms with Crippen LogP contribution >= 0.6 is 0 Å². The van der Waals surface area contributed by atoms with E-state index in [4.69, 9.17) is 0 Å². The molecule has 1 aliphatic carbocycles. The first-order valence-corrected chi connectivity index (χ1v) is 6.95. The molecule has 0 unspecified atom stereocenters. The number of hydrogen-bond donors (Lipinski definition) is 1. The average Bonchev–Trinajstić information content (AvgIpc) is 2.40. The highest BCUT2D eigenvalue weighted by atomic mass is 15.0. The Morgan fingerprint density at radius 1 is 1.11 bits per heavy atom. The van der Waals surface area contributed by atoms with Crippen LogP contribution in [0.25, 0.3) is 0 Å². The number of rotatable bonds is 3. The Balaban J connectivity index is 2.10. The van der Waals surface area contributed by atoms with E-state index < -0.39 is 0 Å². The maximum atomic E-state index is 9.43. The van der Waals surface area contributed by atoms with Gasteiger partial charge >= 0.3 is 0 Å². The summed E-state index contributed by atoms with van der Waals surface area (Å²) in [6.07, 6.45) is 5.51. The lowest BCUT2D eigenvalue weighted by molar-refractivity contribution is 0.392. The summed E-state index contributed by atoms with van der Waals surface area (Å²) in [5.74, 6) is 0.554. The second-order valence-corrected chi connectivity index (χ2v) is 5.66. The number of hydrogen-bond acceptors (Lipinski definition) is 2. The minimum Gasteiger partial charge on any atom is -0.367 e. The normalized spacial score (nSPS) is 18.3. The van der Waals surface area contributed by atoms with E-state index >= 15 is 0 Å². The molecule has 18 heavy (non-hydrogen) atoms. The molecule has 0 atom stereocenters. The lowest BCUT2D eigenvalue weighted by Gasteiger charge is -2.32. The first-order chi connectivity index (χ1) is 8.65. The van der Waals surface area contributed by atoms with Gasteiger partial charge in [0.1, 0.15) is 5.54 Å². The van der Waals surface area contributed by atoms with Gasteiger partial charge in [0.2, 0.25) is 0 Å².